The van der Waals surface area contributed by atoms with Crippen LogP contribution < -0.4 is 9.47 Å². The molecule has 2 unspecified atom stereocenters. The average Bonchev–Trinajstić information content (AvgIpc) is 3.86. The van der Waals surface area contributed by atoms with Crippen LogP contribution in [0.1, 0.15) is 66.2 Å². The largest absolute Gasteiger partial charge is 0.451 e. The van der Waals surface area contributed by atoms with Crippen LogP contribution in [0, 0.1) is 5.82 Å². The number of hydrogen-bond donors (Lipinski definition) is 0. The summed E-state index contributed by atoms with van der Waals surface area (Å²) in [5.41, 5.74) is 3.57. The molecule has 0 radical (unpaired) electrons. The number of rotatable bonds is 11. The lowest BCUT2D eigenvalue weighted by Crippen LogP contribution is -2.34. The molecule has 15 heteroatoms. The molecule has 2 atom stereocenters. The third kappa shape index (κ3) is 8.26. The zero-order valence-electron chi connectivity index (χ0n) is 30.3. The molecule has 0 saturated carbocycles. The Morgan fingerprint density at radius 1 is 1.00 bits per heavy atom. The van der Waals surface area contributed by atoms with Crippen LogP contribution in [0.25, 0.3) is 11.4 Å². The van der Waals surface area contributed by atoms with E-state index in [4.69, 9.17) is 35.5 Å². The van der Waals surface area contributed by atoms with E-state index >= 15 is 0 Å². The molecule has 3 aliphatic rings. The van der Waals surface area contributed by atoms with Gasteiger partial charge >= 0.3 is 6.18 Å². The number of hydrogen-bond acceptors (Lipinski definition) is 8. The topological polar surface area (TPSA) is 83.8 Å². The monoisotopic (exact) mass is 773 g/mol. The molecule has 4 aromatic rings. The maximum Gasteiger partial charge on any atom is 0.451 e. The van der Waals surface area contributed by atoms with E-state index in [0.29, 0.717) is 48.5 Å². The van der Waals surface area contributed by atoms with Gasteiger partial charge in [0.05, 0.1) is 17.9 Å². The normalized spacial score (nSPS) is 21.1. The molecule has 0 N–H and O–H groups in total. The lowest BCUT2D eigenvalue weighted by Gasteiger charge is -2.33. The number of likely N-dealkylation sites (tertiary alicyclic amines) is 1. The number of alkyl halides is 3. The van der Waals surface area contributed by atoms with Crippen molar-refractivity contribution in [3.8, 4) is 22.9 Å². The quantitative estimate of drug-likeness (QED) is 0.0849. The van der Waals surface area contributed by atoms with Crippen molar-refractivity contribution in [3.63, 3.8) is 0 Å². The highest BCUT2D eigenvalue weighted by atomic mass is 35.5. The van der Waals surface area contributed by atoms with E-state index in [2.05, 4.69) is 34.7 Å². The Kier molecular flexibility index (Phi) is 10.6. The van der Waals surface area contributed by atoms with Crippen molar-refractivity contribution >= 4 is 19.7 Å². The minimum absolute atomic E-state index is 0.0604. The van der Waals surface area contributed by atoms with Crippen molar-refractivity contribution in [3.05, 3.63) is 87.7 Å². The third-order valence-electron chi connectivity index (χ3n) is 10.3. The SMILES string of the molecule is CC1(c2ccc(Cl)cc2F)Oc2cccc(C3CCN(Cc4ncc(-c5nnc(C(F)(F)F)n5COCC[Si](C)(C)C)cc4C4CCOC4)CC3)c2O1. The Bertz CT molecular complexity index is 1940. The lowest BCUT2D eigenvalue weighted by molar-refractivity contribution is -0.149. The van der Waals surface area contributed by atoms with E-state index in [1.165, 1.54) is 6.07 Å². The second kappa shape index (κ2) is 14.9. The van der Waals surface area contributed by atoms with Gasteiger partial charge in [0.25, 0.3) is 5.79 Å². The Morgan fingerprint density at radius 3 is 2.49 bits per heavy atom. The van der Waals surface area contributed by atoms with E-state index in [1.807, 2.05) is 24.3 Å². The maximum absolute atomic E-state index is 14.9. The molecule has 2 saturated heterocycles. The standard InChI is InChI=1S/C38H44ClF4N5O4Si/c1-37(30-9-8-27(39)19-31(30)40)51-33-7-5-6-28(34(33)52-37)24-10-13-47(14-11-24)21-32-29(25-12-15-49-22-25)18-26(20-44-32)35-45-46-36(38(41,42)43)48(35)23-50-16-17-53(2,3)4/h5-9,18-20,24-25H,10-17,21-23H2,1-4H3. The van der Waals surface area contributed by atoms with E-state index in [0.717, 1.165) is 59.8 Å². The fraction of sp³-hybridized carbons (Fsp3) is 0.500. The van der Waals surface area contributed by atoms with Crippen molar-refractivity contribution in [2.75, 3.05) is 32.9 Å². The summed E-state index contributed by atoms with van der Waals surface area (Å²) >= 11 is 5.99. The first-order chi connectivity index (χ1) is 25.2. The molecule has 2 aromatic heterocycles. The number of ether oxygens (including phenoxy) is 4. The first-order valence-corrected chi connectivity index (χ1v) is 22.1. The fourth-order valence-electron chi connectivity index (χ4n) is 7.33. The highest BCUT2D eigenvalue weighted by Gasteiger charge is 2.43. The van der Waals surface area contributed by atoms with Gasteiger partial charge in [0.1, 0.15) is 12.5 Å². The highest BCUT2D eigenvalue weighted by molar-refractivity contribution is 6.76. The van der Waals surface area contributed by atoms with Crippen molar-refractivity contribution < 1.29 is 36.5 Å². The van der Waals surface area contributed by atoms with Gasteiger partial charge in [0.15, 0.2) is 17.3 Å². The van der Waals surface area contributed by atoms with Gasteiger partial charge in [-0.3, -0.25) is 14.5 Å². The van der Waals surface area contributed by atoms with E-state index in [-0.39, 0.29) is 30.0 Å². The molecule has 284 valence electrons. The fourth-order valence-corrected chi connectivity index (χ4v) is 8.25. The van der Waals surface area contributed by atoms with Crippen LogP contribution in [-0.2, 0) is 34.7 Å². The highest BCUT2D eigenvalue weighted by Crippen LogP contribution is 2.50. The van der Waals surface area contributed by atoms with Crippen LogP contribution in [0.5, 0.6) is 11.5 Å². The van der Waals surface area contributed by atoms with Crippen LogP contribution >= 0.6 is 11.6 Å². The average molecular weight is 774 g/mol. The predicted octanol–water partition coefficient (Wildman–Crippen LogP) is 8.99. The van der Waals surface area contributed by atoms with E-state index in [1.54, 1.807) is 25.3 Å². The number of pyridine rings is 1. The molecule has 0 amide bonds. The Morgan fingerprint density at radius 2 is 1.79 bits per heavy atom. The molecule has 5 heterocycles. The first kappa shape index (κ1) is 37.7. The second-order valence-corrected chi connectivity index (χ2v) is 21.5. The molecule has 0 spiro atoms. The Hall–Kier alpha value is -3.56. The van der Waals surface area contributed by atoms with Crippen LogP contribution in [-0.4, -0.2) is 65.6 Å². The number of nitrogens with zero attached hydrogens (tertiary/aromatic N) is 5. The van der Waals surface area contributed by atoms with Gasteiger partial charge in [-0.1, -0.05) is 43.4 Å². The van der Waals surface area contributed by atoms with Gasteiger partial charge in [-0.2, -0.15) is 13.2 Å². The van der Waals surface area contributed by atoms with Gasteiger partial charge in [0, 0.05) is 63.0 Å². The Labute approximate surface area is 312 Å². The third-order valence-corrected chi connectivity index (χ3v) is 12.2. The summed E-state index contributed by atoms with van der Waals surface area (Å²) < 4.78 is 82.0. The van der Waals surface area contributed by atoms with Crippen LogP contribution in [0.2, 0.25) is 30.7 Å². The Balaban J connectivity index is 1.07. The minimum atomic E-state index is -4.69. The molecule has 9 nitrogen and oxygen atoms in total. The summed E-state index contributed by atoms with van der Waals surface area (Å²) in [6, 6.07) is 13.0. The smallest absolute Gasteiger partial charge is 0.444 e. The number of fused-ring (bicyclic) bond motifs is 1. The van der Waals surface area contributed by atoms with E-state index < -0.39 is 31.7 Å². The summed E-state index contributed by atoms with van der Waals surface area (Å²) in [6.07, 6.45) is -0.600. The number of para-hydroxylation sites is 1. The van der Waals surface area contributed by atoms with Gasteiger partial charge in [-0.25, -0.2) is 4.39 Å². The van der Waals surface area contributed by atoms with Crippen molar-refractivity contribution in [1.82, 2.24) is 24.6 Å². The number of benzene rings is 2. The molecule has 2 fully saturated rings. The molecule has 0 aliphatic carbocycles. The number of aromatic nitrogens is 4. The zero-order valence-corrected chi connectivity index (χ0v) is 32.1. The minimum Gasteiger partial charge on any atom is -0.444 e. The second-order valence-electron chi connectivity index (χ2n) is 15.4. The van der Waals surface area contributed by atoms with Crippen molar-refractivity contribution in [2.45, 2.75) is 88.9 Å². The van der Waals surface area contributed by atoms with Gasteiger partial charge in [-0.15, -0.1) is 10.2 Å². The van der Waals surface area contributed by atoms with Gasteiger partial charge in [0.2, 0.25) is 5.82 Å². The summed E-state index contributed by atoms with van der Waals surface area (Å²) in [6.45, 7) is 11.6. The van der Waals surface area contributed by atoms with Gasteiger partial charge < -0.3 is 18.9 Å². The molecular weight excluding hydrogens is 730 g/mol. The van der Waals surface area contributed by atoms with E-state index in [9.17, 15) is 17.6 Å². The predicted molar refractivity (Wildman–Crippen MR) is 194 cm³/mol. The number of piperidine rings is 1. The van der Waals surface area contributed by atoms with Crippen LogP contribution in [0.15, 0.2) is 48.7 Å². The summed E-state index contributed by atoms with van der Waals surface area (Å²) in [5, 5.41) is 7.82. The summed E-state index contributed by atoms with van der Waals surface area (Å²) in [7, 11) is -1.44. The summed E-state index contributed by atoms with van der Waals surface area (Å²) in [5.74, 6) is -1.38. The molecule has 2 aromatic carbocycles. The van der Waals surface area contributed by atoms with Crippen LogP contribution in [0.4, 0.5) is 17.6 Å². The van der Waals surface area contributed by atoms with Gasteiger partial charge in [-0.05, 0) is 80.2 Å². The number of halogens is 5. The molecule has 53 heavy (non-hydrogen) atoms. The zero-order chi connectivity index (χ0) is 37.5. The lowest BCUT2D eigenvalue weighted by atomic mass is 9.88. The van der Waals surface area contributed by atoms with Crippen molar-refractivity contribution in [1.29, 1.82) is 0 Å². The molecule has 7 rings (SSSR count). The summed E-state index contributed by atoms with van der Waals surface area (Å²) in [4.78, 5) is 7.20. The molecular formula is C38H44ClF4N5O4Si. The molecule has 3 aliphatic heterocycles. The maximum atomic E-state index is 14.9. The molecule has 0 bridgehead atoms. The van der Waals surface area contributed by atoms with Crippen LogP contribution in [0.3, 0.4) is 0 Å². The first-order valence-electron chi connectivity index (χ1n) is 18.0. The van der Waals surface area contributed by atoms with Crippen molar-refractivity contribution in [2.24, 2.45) is 0 Å².